The average molecular weight is 236 g/mol. The summed E-state index contributed by atoms with van der Waals surface area (Å²) in [6, 6.07) is 8.71. The molecule has 17 heavy (non-hydrogen) atoms. The lowest BCUT2D eigenvalue weighted by molar-refractivity contribution is -0.164. The largest absolute Gasteiger partial charge is 0.468 e. The van der Waals surface area contributed by atoms with Gasteiger partial charge in [-0.05, 0) is 32.9 Å². The number of hydrogen-bond donors (Lipinski definition) is 0. The second-order valence-corrected chi connectivity index (χ2v) is 3.73. The van der Waals surface area contributed by atoms with E-state index < -0.39 is 11.6 Å². The fraction of sp³-hybridized carbons (Fsp3) is 0.385. The molecule has 0 bridgehead atoms. The van der Waals surface area contributed by atoms with Gasteiger partial charge in [0.2, 0.25) is 0 Å². The molecule has 1 aromatic carbocycles. The van der Waals surface area contributed by atoms with Gasteiger partial charge in [-0.2, -0.15) is 0 Å². The lowest BCUT2D eigenvalue weighted by Crippen LogP contribution is -2.49. The molecular formula is C13H16O4. The highest BCUT2D eigenvalue weighted by atomic mass is 16.6. The normalized spacial score (nSPS) is 13.6. The van der Waals surface area contributed by atoms with Crippen molar-refractivity contribution < 1.29 is 19.1 Å². The maximum absolute atomic E-state index is 11.7. The van der Waals surface area contributed by atoms with E-state index in [2.05, 4.69) is 0 Å². The second-order valence-electron chi connectivity index (χ2n) is 3.73. The Labute approximate surface area is 101 Å². The van der Waals surface area contributed by atoms with Gasteiger partial charge >= 0.3 is 5.97 Å². The van der Waals surface area contributed by atoms with Crippen molar-refractivity contribution in [2.45, 2.75) is 26.4 Å². The molecule has 0 amide bonds. The van der Waals surface area contributed by atoms with E-state index in [1.165, 1.54) is 13.8 Å². The molecule has 0 saturated carbocycles. The van der Waals surface area contributed by atoms with Crippen molar-refractivity contribution in [3.05, 3.63) is 30.3 Å². The molecule has 0 N–H and O–H groups in total. The molecule has 1 unspecified atom stereocenters. The SMILES string of the molecule is CCOC(=O)C(C)(Oc1ccccc1)C(C)=O. The van der Waals surface area contributed by atoms with E-state index >= 15 is 0 Å². The zero-order valence-corrected chi connectivity index (χ0v) is 10.2. The highest BCUT2D eigenvalue weighted by Crippen LogP contribution is 2.20. The van der Waals surface area contributed by atoms with E-state index in [0.29, 0.717) is 5.75 Å². The van der Waals surface area contributed by atoms with Crippen LogP contribution in [0.2, 0.25) is 0 Å². The molecule has 0 aliphatic rings. The highest BCUT2D eigenvalue weighted by Gasteiger charge is 2.42. The Balaban J connectivity index is 2.93. The summed E-state index contributed by atoms with van der Waals surface area (Å²) in [7, 11) is 0. The summed E-state index contributed by atoms with van der Waals surface area (Å²) in [5.74, 6) is -0.602. The third-order valence-corrected chi connectivity index (χ3v) is 2.40. The first-order valence-electron chi connectivity index (χ1n) is 5.43. The number of carbonyl (C=O) groups excluding carboxylic acids is 2. The number of benzene rings is 1. The Morgan fingerprint density at radius 3 is 2.29 bits per heavy atom. The Hall–Kier alpha value is -1.84. The average Bonchev–Trinajstić information content (AvgIpc) is 2.30. The van der Waals surface area contributed by atoms with Crippen LogP contribution in [0.25, 0.3) is 0 Å². The number of carbonyl (C=O) groups is 2. The minimum Gasteiger partial charge on any atom is -0.468 e. The van der Waals surface area contributed by atoms with Gasteiger partial charge in [-0.25, -0.2) is 4.79 Å². The number of Topliss-reactive ketones (excluding diaryl/α,β-unsaturated/α-hetero) is 1. The number of ketones is 1. The monoisotopic (exact) mass is 236 g/mol. The van der Waals surface area contributed by atoms with Crippen molar-refractivity contribution in [3.63, 3.8) is 0 Å². The summed E-state index contributed by atoms with van der Waals surface area (Å²) in [6.07, 6.45) is 0. The van der Waals surface area contributed by atoms with Crippen molar-refractivity contribution in [3.8, 4) is 5.75 Å². The molecule has 4 nitrogen and oxygen atoms in total. The van der Waals surface area contributed by atoms with Crippen LogP contribution in [0.5, 0.6) is 5.75 Å². The minimum atomic E-state index is -1.59. The van der Waals surface area contributed by atoms with Gasteiger partial charge in [0.05, 0.1) is 6.61 Å². The summed E-state index contributed by atoms with van der Waals surface area (Å²) in [6.45, 7) is 4.61. The standard InChI is InChI=1S/C13H16O4/c1-4-16-12(15)13(3,10(2)14)17-11-8-6-5-7-9-11/h5-9H,4H2,1-3H3. The summed E-state index contributed by atoms with van der Waals surface area (Å²) < 4.78 is 10.3. The number of ether oxygens (including phenoxy) is 2. The lowest BCUT2D eigenvalue weighted by atomic mass is 10.0. The van der Waals surface area contributed by atoms with Crippen LogP contribution >= 0.6 is 0 Å². The van der Waals surface area contributed by atoms with Gasteiger partial charge in [-0.3, -0.25) is 4.79 Å². The Morgan fingerprint density at radius 2 is 1.82 bits per heavy atom. The summed E-state index contributed by atoms with van der Waals surface area (Å²) >= 11 is 0. The molecule has 1 atom stereocenters. The van der Waals surface area contributed by atoms with E-state index in [-0.39, 0.29) is 12.4 Å². The molecule has 92 valence electrons. The molecule has 0 fully saturated rings. The quantitative estimate of drug-likeness (QED) is 0.579. The minimum absolute atomic E-state index is 0.208. The first-order chi connectivity index (χ1) is 8.00. The maximum atomic E-state index is 11.7. The van der Waals surface area contributed by atoms with Gasteiger partial charge < -0.3 is 9.47 Å². The zero-order chi connectivity index (χ0) is 12.9. The van der Waals surface area contributed by atoms with Crippen molar-refractivity contribution >= 4 is 11.8 Å². The predicted octanol–water partition coefficient (Wildman–Crippen LogP) is 1.98. The Morgan fingerprint density at radius 1 is 1.24 bits per heavy atom. The zero-order valence-electron chi connectivity index (χ0n) is 10.2. The van der Waals surface area contributed by atoms with Crippen molar-refractivity contribution in [1.82, 2.24) is 0 Å². The Bertz CT molecular complexity index is 399. The van der Waals surface area contributed by atoms with Gasteiger partial charge in [-0.1, -0.05) is 18.2 Å². The van der Waals surface area contributed by atoms with Crippen LogP contribution in [-0.4, -0.2) is 24.0 Å². The Kier molecular flexibility index (Phi) is 4.26. The molecule has 0 radical (unpaired) electrons. The first-order valence-corrected chi connectivity index (χ1v) is 5.43. The number of rotatable bonds is 5. The van der Waals surface area contributed by atoms with Gasteiger partial charge in [0, 0.05) is 0 Å². The van der Waals surface area contributed by atoms with Crippen LogP contribution in [0.1, 0.15) is 20.8 Å². The fourth-order valence-corrected chi connectivity index (χ4v) is 1.25. The van der Waals surface area contributed by atoms with Gasteiger partial charge in [-0.15, -0.1) is 0 Å². The predicted molar refractivity (Wildman–Crippen MR) is 62.8 cm³/mol. The smallest absolute Gasteiger partial charge is 0.358 e. The van der Waals surface area contributed by atoms with Crippen molar-refractivity contribution in [2.75, 3.05) is 6.61 Å². The third-order valence-electron chi connectivity index (χ3n) is 2.40. The van der Waals surface area contributed by atoms with Crippen LogP contribution in [-0.2, 0) is 14.3 Å². The molecule has 0 aromatic heterocycles. The third kappa shape index (κ3) is 3.06. The van der Waals surface area contributed by atoms with Crippen molar-refractivity contribution in [1.29, 1.82) is 0 Å². The van der Waals surface area contributed by atoms with Crippen LogP contribution in [0.4, 0.5) is 0 Å². The second kappa shape index (κ2) is 5.48. The van der Waals surface area contributed by atoms with Gasteiger partial charge in [0.1, 0.15) is 5.75 Å². The molecule has 0 aliphatic carbocycles. The van der Waals surface area contributed by atoms with E-state index in [1.807, 2.05) is 6.07 Å². The first kappa shape index (κ1) is 13.2. The lowest BCUT2D eigenvalue weighted by Gasteiger charge is -2.25. The molecule has 1 aromatic rings. The van der Waals surface area contributed by atoms with Gasteiger partial charge in [0.25, 0.3) is 5.60 Å². The topological polar surface area (TPSA) is 52.6 Å². The number of esters is 1. The summed E-state index contributed by atoms with van der Waals surface area (Å²) in [5, 5.41) is 0. The molecule has 0 aliphatic heterocycles. The van der Waals surface area contributed by atoms with Crippen LogP contribution in [0.3, 0.4) is 0 Å². The van der Waals surface area contributed by atoms with E-state index in [1.54, 1.807) is 31.2 Å². The molecule has 0 spiro atoms. The van der Waals surface area contributed by atoms with Crippen LogP contribution in [0, 0.1) is 0 Å². The van der Waals surface area contributed by atoms with Crippen LogP contribution < -0.4 is 4.74 Å². The highest BCUT2D eigenvalue weighted by molar-refractivity contribution is 6.06. The molecule has 0 heterocycles. The van der Waals surface area contributed by atoms with E-state index in [4.69, 9.17) is 9.47 Å². The van der Waals surface area contributed by atoms with Crippen LogP contribution in [0.15, 0.2) is 30.3 Å². The summed E-state index contributed by atoms with van der Waals surface area (Å²) in [4.78, 5) is 23.3. The van der Waals surface area contributed by atoms with E-state index in [0.717, 1.165) is 0 Å². The molecule has 1 rings (SSSR count). The maximum Gasteiger partial charge on any atom is 0.358 e. The molecular weight excluding hydrogens is 220 g/mol. The van der Waals surface area contributed by atoms with E-state index in [9.17, 15) is 9.59 Å². The number of hydrogen-bond acceptors (Lipinski definition) is 4. The van der Waals surface area contributed by atoms with Crippen molar-refractivity contribution in [2.24, 2.45) is 0 Å². The van der Waals surface area contributed by atoms with Gasteiger partial charge in [0.15, 0.2) is 5.78 Å². The molecule has 0 saturated heterocycles. The summed E-state index contributed by atoms with van der Waals surface area (Å²) in [5.41, 5.74) is -1.59. The number of para-hydroxylation sites is 1. The molecule has 4 heteroatoms. The fourth-order valence-electron chi connectivity index (χ4n) is 1.25.